The van der Waals surface area contributed by atoms with Crippen molar-refractivity contribution in [1.29, 1.82) is 0 Å². The van der Waals surface area contributed by atoms with Gasteiger partial charge in [0.25, 0.3) is 5.92 Å². The number of rotatable bonds is 3. The first-order valence-corrected chi connectivity index (χ1v) is 6.76. The van der Waals surface area contributed by atoms with Crippen molar-refractivity contribution in [3.05, 3.63) is 41.1 Å². The molecule has 0 aliphatic heterocycles. The third-order valence-corrected chi connectivity index (χ3v) is 4.06. The minimum atomic E-state index is -2.86. The molecule has 0 spiro atoms. The molecule has 1 aliphatic rings. The topological polar surface area (TPSA) is 66.6 Å². The Morgan fingerprint density at radius 1 is 1.41 bits per heavy atom. The maximum absolute atomic E-state index is 13.4. The summed E-state index contributed by atoms with van der Waals surface area (Å²) in [5.74, 6) is -2.97. The van der Waals surface area contributed by atoms with Gasteiger partial charge in [-0.1, -0.05) is 16.8 Å². The molecule has 3 rings (SSSR count). The molecule has 116 valence electrons. The molecule has 1 aliphatic carbocycles. The number of carboxylic acid groups (broad SMARTS) is 1. The normalized spacial score (nSPS) is 22.4. The van der Waals surface area contributed by atoms with Crippen LogP contribution in [0.2, 0.25) is 5.02 Å². The van der Waals surface area contributed by atoms with Gasteiger partial charge in [-0.05, 0) is 31.2 Å². The van der Waals surface area contributed by atoms with Crippen molar-refractivity contribution in [1.82, 2.24) is 5.16 Å². The highest BCUT2D eigenvalue weighted by molar-refractivity contribution is 6.30. The van der Waals surface area contributed by atoms with Crippen LogP contribution >= 0.6 is 11.6 Å². The third kappa shape index (κ3) is 2.21. The first-order chi connectivity index (χ1) is 10.2. The molecule has 2 aromatic rings. The van der Waals surface area contributed by atoms with E-state index in [-0.39, 0.29) is 23.7 Å². The maximum Gasteiger partial charge on any atom is 0.417 e. The Morgan fingerprint density at radius 2 is 2.00 bits per heavy atom. The van der Waals surface area contributed by atoms with Gasteiger partial charge >= 0.3 is 6.09 Å². The molecule has 0 radical (unpaired) electrons. The number of hydrogen-bond donors (Lipinski definition) is 1. The summed E-state index contributed by atoms with van der Waals surface area (Å²) in [4.78, 5) is 12.3. The van der Waals surface area contributed by atoms with E-state index in [0.29, 0.717) is 5.02 Å². The lowest BCUT2D eigenvalue weighted by Gasteiger charge is -2.15. The summed E-state index contributed by atoms with van der Waals surface area (Å²) in [6.45, 7) is 1.35. The van der Waals surface area contributed by atoms with Crippen molar-refractivity contribution in [2.75, 3.05) is 4.90 Å². The fourth-order valence-corrected chi connectivity index (χ4v) is 2.36. The predicted molar refractivity (Wildman–Crippen MR) is 75.0 cm³/mol. The smallest absolute Gasteiger partial charge is 0.417 e. The van der Waals surface area contributed by atoms with Crippen LogP contribution in [0, 0.1) is 0 Å². The first kappa shape index (κ1) is 14.8. The maximum atomic E-state index is 13.4. The molecule has 1 saturated carbocycles. The largest absolute Gasteiger partial charge is 0.464 e. The summed E-state index contributed by atoms with van der Waals surface area (Å²) in [5.41, 5.74) is -1.15. The van der Waals surface area contributed by atoms with Gasteiger partial charge in [0, 0.05) is 17.5 Å². The highest BCUT2D eigenvalue weighted by Crippen LogP contribution is 2.61. The summed E-state index contributed by atoms with van der Waals surface area (Å²) in [7, 11) is 0. The lowest BCUT2D eigenvalue weighted by molar-refractivity contribution is 0.0846. The SMILES string of the molecule is CC1(c2cc(N(C(=O)O)c3ccc(Cl)cc3)no2)CC1(F)F. The molecule has 0 saturated heterocycles. The van der Waals surface area contributed by atoms with Crippen LogP contribution in [-0.2, 0) is 5.41 Å². The molecule has 1 aromatic heterocycles. The second kappa shape index (κ2) is 4.67. The van der Waals surface area contributed by atoms with Gasteiger partial charge in [0.05, 0.1) is 11.1 Å². The molecule has 1 atom stereocenters. The van der Waals surface area contributed by atoms with Crippen molar-refractivity contribution in [2.24, 2.45) is 0 Å². The van der Waals surface area contributed by atoms with Gasteiger partial charge in [-0.2, -0.15) is 0 Å². The van der Waals surface area contributed by atoms with Crippen LogP contribution in [0.4, 0.5) is 25.1 Å². The molecular formula is C14H11ClF2N2O3. The van der Waals surface area contributed by atoms with E-state index in [9.17, 15) is 18.7 Å². The minimum absolute atomic E-state index is 0.0345. The van der Waals surface area contributed by atoms with Crippen molar-refractivity contribution >= 4 is 29.2 Å². The number of amides is 1. The predicted octanol–water partition coefficient (Wildman–Crippen LogP) is 4.44. The second-order valence-electron chi connectivity index (χ2n) is 5.36. The van der Waals surface area contributed by atoms with Gasteiger partial charge in [0.2, 0.25) is 0 Å². The quantitative estimate of drug-likeness (QED) is 0.904. The summed E-state index contributed by atoms with van der Waals surface area (Å²) in [6, 6.07) is 7.23. The number of halogens is 3. The molecule has 1 fully saturated rings. The highest BCUT2D eigenvalue weighted by Gasteiger charge is 2.71. The van der Waals surface area contributed by atoms with Gasteiger partial charge in [-0.3, -0.25) is 0 Å². The summed E-state index contributed by atoms with van der Waals surface area (Å²) in [5, 5.41) is 13.4. The van der Waals surface area contributed by atoms with E-state index in [4.69, 9.17) is 16.1 Å². The summed E-state index contributed by atoms with van der Waals surface area (Å²) < 4.78 is 31.7. The zero-order chi connectivity index (χ0) is 16.1. The Balaban J connectivity index is 1.96. The number of hydrogen-bond acceptors (Lipinski definition) is 3. The molecular weight excluding hydrogens is 318 g/mol. The van der Waals surface area contributed by atoms with Crippen LogP contribution in [0.3, 0.4) is 0 Å². The highest BCUT2D eigenvalue weighted by atomic mass is 35.5. The zero-order valence-corrected chi connectivity index (χ0v) is 12.1. The molecule has 1 heterocycles. The van der Waals surface area contributed by atoms with E-state index in [1.54, 1.807) is 0 Å². The number of anilines is 2. The number of alkyl halides is 2. The number of nitrogens with zero attached hydrogens (tertiary/aromatic N) is 2. The molecule has 1 amide bonds. The third-order valence-electron chi connectivity index (χ3n) is 3.80. The lowest BCUT2D eigenvalue weighted by Crippen LogP contribution is -2.23. The van der Waals surface area contributed by atoms with Gasteiger partial charge in [0.1, 0.15) is 0 Å². The van der Waals surface area contributed by atoms with E-state index in [1.807, 2.05) is 0 Å². The van der Waals surface area contributed by atoms with Crippen LogP contribution in [0.5, 0.6) is 0 Å². The fourth-order valence-electron chi connectivity index (χ4n) is 2.23. The zero-order valence-electron chi connectivity index (χ0n) is 11.4. The second-order valence-corrected chi connectivity index (χ2v) is 5.79. The van der Waals surface area contributed by atoms with Crippen molar-refractivity contribution in [3.63, 3.8) is 0 Å². The Kier molecular flexibility index (Phi) is 3.14. The van der Waals surface area contributed by atoms with Crippen LogP contribution in [0.15, 0.2) is 34.9 Å². The van der Waals surface area contributed by atoms with E-state index >= 15 is 0 Å². The lowest BCUT2D eigenvalue weighted by atomic mass is 10.1. The van der Waals surface area contributed by atoms with Crippen molar-refractivity contribution < 1.29 is 23.2 Å². The van der Waals surface area contributed by atoms with E-state index in [0.717, 1.165) is 4.90 Å². The van der Waals surface area contributed by atoms with Gasteiger partial charge in [-0.15, -0.1) is 0 Å². The Bertz CT molecular complexity index is 732. The van der Waals surface area contributed by atoms with Crippen LogP contribution < -0.4 is 4.90 Å². The van der Waals surface area contributed by atoms with Crippen molar-refractivity contribution in [3.8, 4) is 0 Å². The van der Waals surface area contributed by atoms with Crippen LogP contribution in [0.25, 0.3) is 0 Å². The number of benzene rings is 1. The van der Waals surface area contributed by atoms with E-state index < -0.39 is 17.4 Å². The number of carbonyl (C=O) groups is 1. The molecule has 0 bridgehead atoms. The molecule has 1 N–H and O–H groups in total. The van der Waals surface area contributed by atoms with Gasteiger partial charge in [0.15, 0.2) is 11.6 Å². The van der Waals surface area contributed by atoms with E-state index in [2.05, 4.69) is 5.16 Å². The molecule has 5 nitrogen and oxygen atoms in total. The molecule has 22 heavy (non-hydrogen) atoms. The average molecular weight is 329 g/mol. The van der Waals surface area contributed by atoms with Gasteiger partial charge in [-0.25, -0.2) is 18.5 Å². The fraction of sp³-hybridized carbons (Fsp3) is 0.286. The van der Waals surface area contributed by atoms with Gasteiger partial charge < -0.3 is 9.63 Å². The van der Waals surface area contributed by atoms with E-state index in [1.165, 1.54) is 37.3 Å². The van der Waals surface area contributed by atoms with Crippen LogP contribution in [-0.4, -0.2) is 22.3 Å². The minimum Gasteiger partial charge on any atom is -0.464 e. The molecule has 8 heteroatoms. The first-order valence-electron chi connectivity index (χ1n) is 6.38. The summed E-state index contributed by atoms with van der Waals surface area (Å²) in [6.07, 6.45) is -1.65. The molecule has 1 aromatic carbocycles. The molecule has 1 unspecified atom stereocenters. The monoisotopic (exact) mass is 328 g/mol. The average Bonchev–Trinajstić information content (AvgIpc) is 2.78. The summed E-state index contributed by atoms with van der Waals surface area (Å²) >= 11 is 5.76. The number of aromatic nitrogens is 1. The van der Waals surface area contributed by atoms with Crippen LogP contribution in [0.1, 0.15) is 19.1 Å². The van der Waals surface area contributed by atoms with Crippen molar-refractivity contribution in [2.45, 2.75) is 24.7 Å². The Hall–Kier alpha value is -2.15. The Labute approximate surface area is 129 Å². The Morgan fingerprint density at radius 3 is 2.50 bits per heavy atom. The standard InChI is InChI=1S/C14H11ClF2N2O3/c1-13(7-14(13,16)17)10-6-11(18-22-10)19(12(20)21)9-4-2-8(15)3-5-9/h2-6H,7H2,1H3,(H,20,21).